The van der Waals surface area contributed by atoms with E-state index < -0.39 is 0 Å². The van der Waals surface area contributed by atoms with Crippen molar-refractivity contribution >= 4 is 6.03 Å². The van der Waals surface area contributed by atoms with Crippen molar-refractivity contribution in [2.24, 2.45) is 0 Å². The predicted octanol–water partition coefficient (Wildman–Crippen LogP) is 2.30. The van der Waals surface area contributed by atoms with Gasteiger partial charge >= 0.3 is 6.03 Å². The molecule has 0 fully saturated rings. The molecule has 0 aliphatic carbocycles. The number of benzene rings is 1. The van der Waals surface area contributed by atoms with Crippen molar-refractivity contribution in [3.05, 3.63) is 36.5 Å². The van der Waals surface area contributed by atoms with Crippen molar-refractivity contribution in [3.8, 4) is 11.5 Å². The van der Waals surface area contributed by atoms with Crippen LogP contribution >= 0.6 is 0 Å². The monoisotopic (exact) mass is 264 g/mol. The summed E-state index contributed by atoms with van der Waals surface area (Å²) in [5, 5.41) is 5.28. The zero-order valence-electron chi connectivity index (χ0n) is 11.3. The largest absolute Gasteiger partial charge is 0.497 e. The second kappa shape index (κ2) is 8.85. The molecule has 1 aromatic carbocycles. The van der Waals surface area contributed by atoms with Crippen LogP contribution in [0, 0.1) is 0 Å². The van der Waals surface area contributed by atoms with E-state index in [2.05, 4.69) is 10.6 Å². The molecule has 0 saturated heterocycles. The molecule has 104 valence electrons. The lowest BCUT2D eigenvalue weighted by Crippen LogP contribution is -2.34. The molecule has 0 atom stereocenters. The van der Waals surface area contributed by atoms with Crippen LogP contribution in [0.3, 0.4) is 0 Å². The zero-order valence-corrected chi connectivity index (χ0v) is 11.3. The Morgan fingerprint density at radius 3 is 2.58 bits per heavy atom. The molecule has 5 heteroatoms. The molecular formula is C14H20N2O3. The van der Waals surface area contributed by atoms with E-state index in [1.807, 2.05) is 37.3 Å². The summed E-state index contributed by atoms with van der Waals surface area (Å²) in [5.74, 6) is 1.53. The summed E-state index contributed by atoms with van der Waals surface area (Å²) >= 11 is 0. The van der Waals surface area contributed by atoms with E-state index in [4.69, 9.17) is 9.47 Å². The van der Waals surface area contributed by atoms with E-state index in [0.717, 1.165) is 17.9 Å². The molecule has 0 saturated carbocycles. The van der Waals surface area contributed by atoms with Crippen LogP contribution in [0.25, 0.3) is 0 Å². The van der Waals surface area contributed by atoms with E-state index in [0.29, 0.717) is 13.2 Å². The topological polar surface area (TPSA) is 59.6 Å². The molecule has 1 aromatic rings. The minimum atomic E-state index is -0.233. The highest BCUT2D eigenvalue weighted by molar-refractivity contribution is 5.74. The van der Waals surface area contributed by atoms with Crippen molar-refractivity contribution in [1.29, 1.82) is 0 Å². The Morgan fingerprint density at radius 2 is 1.95 bits per heavy atom. The highest BCUT2D eigenvalue weighted by Gasteiger charge is 1.97. The number of ether oxygens (including phenoxy) is 2. The first kappa shape index (κ1) is 14.9. The van der Waals surface area contributed by atoms with Crippen molar-refractivity contribution in [1.82, 2.24) is 10.6 Å². The van der Waals surface area contributed by atoms with Gasteiger partial charge in [-0.15, -0.1) is 0 Å². The van der Waals surface area contributed by atoms with Crippen molar-refractivity contribution in [3.63, 3.8) is 0 Å². The molecule has 0 aliphatic rings. The Kier molecular flexibility index (Phi) is 6.94. The molecular weight excluding hydrogens is 244 g/mol. The second-order valence-corrected chi connectivity index (χ2v) is 3.73. The molecule has 2 N–H and O–H groups in total. The molecule has 0 radical (unpaired) electrons. The Bertz CT molecular complexity index is 402. The Labute approximate surface area is 113 Å². The molecule has 0 unspecified atom stereocenters. The van der Waals surface area contributed by atoms with Gasteiger partial charge in [0.05, 0.1) is 13.7 Å². The lowest BCUT2D eigenvalue weighted by Gasteiger charge is -2.08. The number of carbonyl (C=O) groups excluding carboxylic acids is 1. The number of nitrogens with one attached hydrogen (secondary N) is 2. The minimum absolute atomic E-state index is 0.233. The van der Waals surface area contributed by atoms with Gasteiger partial charge in [-0.1, -0.05) is 13.0 Å². The van der Waals surface area contributed by atoms with E-state index in [1.165, 1.54) is 0 Å². The van der Waals surface area contributed by atoms with Crippen LogP contribution in [0.5, 0.6) is 11.5 Å². The maximum atomic E-state index is 11.3. The number of hydrogen-bond donors (Lipinski definition) is 2. The van der Waals surface area contributed by atoms with Crippen LogP contribution < -0.4 is 20.1 Å². The molecule has 0 heterocycles. The second-order valence-electron chi connectivity index (χ2n) is 3.73. The third kappa shape index (κ3) is 6.35. The molecule has 1 rings (SSSR count). The van der Waals surface area contributed by atoms with Gasteiger partial charge in [-0.2, -0.15) is 0 Å². The van der Waals surface area contributed by atoms with Crippen LogP contribution in [-0.2, 0) is 0 Å². The van der Waals surface area contributed by atoms with Gasteiger partial charge in [-0.05, 0) is 30.7 Å². The van der Waals surface area contributed by atoms with Crippen LogP contribution in [0.1, 0.15) is 13.3 Å². The molecule has 2 amide bonds. The average molecular weight is 264 g/mol. The number of methoxy groups -OCH3 is 1. The highest BCUT2D eigenvalue weighted by Crippen LogP contribution is 2.16. The molecule has 0 aromatic heterocycles. The number of amides is 2. The highest BCUT2D eigenvalue weighted by atomic mass is 16.5. The Morgan fingerprint density at radius 1 is 1.26 bits per heavy atom. The summed E-state index contributed by atoms with van der Waals surface area (Å²) in [6.07, 6.45) is 4.38. The van der Waals surface area contributed by atoms with Crippen LogP contribution in [-0.4, -0.2) is 26.3 Å². The van der Waals surface area contributed by atoms with Crippen LogP contribution in [0.2, 0.25) is 0 Å². The van der Waals surface area contributed by atoms with E-state index in [9.17, 15) is 4.79 Å². The first-order valence-corrected chi connectivity index (χ1v) is 6.22. The number of allylic oxidation sites excluding steroid dienone is 1. The third-order valence-corrected chi connectivity index (χ3v) is 2.28. The van der Waals surface area contributed by atoms with Crippen molar-refractivity contribution in [2.75, 3.05) is 20.3 Å². The summed E-state index contributed by atoms with van der Waals surface area (Å²) in [5.41, 5.74) is 0. The van der Waals surface area contributed by atoms with Gasteiger partial charge in [-0.25, -0.2) is 4.79 Å². The quantitative estimate of drug-likeness (QED) is 0.743. The van der Waals surface area contributed by atoms with Gasteiger partial charge in [-0.3, -0.25) is 0 Å². The van der Waals surface area contributed by atoms with Gasteiger partial charge in [0, 0.05) is 6.20 Å². The standard InChI is InChI=1S/C14H20N2O3/c1-3-4-9-15-14(17)16-10-11-19-13-7-5-12(18-2)6-8-13/h4-9H,3,10-11H2,1-2H3,(H2,15,16,17)/b9-4+. The van der Waals surface area contributed by atoms with E-state index in [-0.39, 0.29) is 6.03 Å². The number of hydrogen-bond acceptors (Lipinski definition) is 3. The average Bonchev–Trinajstić information content (AvgIpc) is 2.44. The zero-order chi connectivity index (χ0) is 13.9. The van der Waals surface area contributed by atoms with E-state index >= 15 is 0 Å². The summed E-state index contributed by atoms with van der Waals surface area (Å²) in [6.45, 7) is 2.86. The Balaban J connectivity index is 2.16. The normalized spacial score (nSPS) is 10.2. The maximum absolute atomic E-state index is 11.3. The van der Waals surface area contributed by atoms with Gasteiger partial charge in [0.15, 0.2) is 0 Å². The lowest BCUT2D eigenvalue weighted by molar-refractivity contribution is 0.239. The SMILES string of the molecule is CC/C=C/NC(=O)NCCOc1ccc(OC)cc1. The summed E-state index contributed by atoms with van der Waals surface area (Å²) in [4.78, 5) is 11.3. The summed E-state index contributed by atoms with van der Waals surface area (Å²) < 4.78 is 10.5. The van der Waals surface area contributed by atoms with Gasteiger partial charge in [0.1, 0.15) is 18.1 Å². The fraction of sp³-hybridized carbons (Fsp3) is 0.357. The fourth-order valence-corrected chi connectivity index (χ4v) is 1.31. The van der Waals surface area contributed by atoms with Gasteiger partial charge in [0.2, 0.25) is 0 Å². The lowest BCUT2D eigenvalue weighted by atomic mass is 10.3. The van der Waals surface area contributed by atoms with Gasteiger partial charge in [0.25, 0.3) is 0 Å². The third-order valence-electron chi connectivity index (χ3n) is 2.28. The number of urea groups is 1. The number of carbonyl (C=O) groups is 1. The van der Waals surface area contributed by atoms with Crippen LogP contribution in [0.15, 0.2) is 36.5 Å². The van der Waals surface area contributed by atoms with Crippen molar-refractivity contribution in [2.45, 2.75) is 13.3 Å². The summed E-state index contributed by atoms with van der Waals surface area (Å²) in [7, 11) is 1.62. The summed E-state index contributed by atoms with van der Waals surface area (Å²) in [6, 6.07) is 7.06. The first-order chi connectivity index (χ1) is 9.26. The van der Waals surface area contributed by atoms with Crippen molar-refractivity contribution < 1.29 is 14.3 Å². The van der Waals surface area contributed by atoms with Gasteiger partial charge < -0.3 is 20.1 Å². The molecule has 0 aliphatic heterocycles. The predicted molar refractivity (Wildman–Crippen MR) is 74.5 cm³/mol. The molecule has 0 spiro atoms. The van der Waals surface area contributed by atoms with Crippen LogP contribution in [0.4, 0.5) is 4.79 Å². The Hall–Kier alpha value is -2.17. The molecule has 19 heavy (non-hydrogen) atoms. The van der Waals surface area contributed by atoms with E-state index in [1.54, 1.807) is 13.3 Å². The number of rotatable bonds is 7. The first-order valence-electron chi connectivity index (χ1n) is 6.22. The fourth-order valence-electron chi connectivity index (χ4n) is 1.31. The maximum Gasteiger partial charge on any atom is 0.318 e. The smallest absolute Gasteiger partial charge is 0.318 e. The molecule has 5 nitrogen and oxygen atoms in total. The minimum Gasteiger partial charge on any atom is -0.497 e. The molecule has 0 bridgehead atoms.